The maximum atomic E-state index is 5.91. The summed E-state index contributed by atoms with van der Waals surface area (Å²) in [6.45, 7) is 0. The lowest BCUT2D eigenvalue weighted by molar-refractivity contribution is 1.37. The molecular weight excluding hydrogens is 210 g/mol. The van der Waals surface area contributed by atoms with E-state index >= 15 is 0 Å². The molecule has 0 atom stereocenters. The van der Waals surface area contributed by atoms with Crippen molar-refractivity contribution in [3.8, 4) is 0 Å². The van der Waals surface area contributed by atoms with Crippen LogP contribution in [0.5, 0.6) is 0 Å². The highest BCUT2D eigenvalue weighted by atomic mass is 35.5. The van der Waals surface area contributed by atoms with Crippen LogP contribution in [0, 0.1) is 0 Å². The van der Waals surface area contributed by atoms with Gasteiger partial charge < -0.3 is 0 Å². The van der Waals surface area contributed by atoms with Crippen molar-refractivity contribution in [1.29, 1.82) is 0 Å². The molecule has 0 aliphatic heterocycles. The number of fused-ring (bicyclic) bond motifs is 1. The lowest BCUT2D eigenvalue weighted by Crippen LogP contribution is -1.70. The lowest BCUT2D eigenvalue weighted by Gasteiger charge is -1.88. The Morgan fingerprint density at radius 2 is 2.42 bits per heavy atom. The first-order chi connectivity index (χ1) is 5.81. The van der Waals surface area contributed by atoms with Gasteiger partial charge in [-0.3, -0.25) is 0 Å². The van der Waals surface area contributed by atoms with E-state index in [2.05, 4.69) is 17.3 Å². The van der Waals surface area contributed by atoms with Crippen LogP contribution in [-0.4, -0.2) is 11.2 Å². The highest BCUT2D eigenvalue weighted by Crippen LogP contribution is 2.34. The average Bonchev–Trinajstić information content (AvgIpc) is 2.49. The van der Waals surface area contributed by atoms with Gasteiger partial charge in [-0.2, -0.15) is 0 Å². The normalized spacial score (nSPS) is 10.8. The van der Waals surface area contributed by atoms with Gasteiger partial charge in [0.1, 0.15) is 5.15 Å². The fourth-order valence-electron chi connectivity index (χ4n) is 1.01. The van der Waals surface area contributed by atoms with Crippen molar-refractivity contribution in [1.82, 2.24) is 4.98 Å². The van der Waals surface area contributed by atoms with E-state index in [9.17, 15) is 0 Å². The first-order valence-corrected chi connectivity index (χ1v) is 5.81. The maximum Gasteiger partial charge on any atom is 0.137 e. The summed E-state index contributed by atoms with van der Waals surface area (Å²) >= 11 is 9.40. The molecule has 0 bridgehead atoms. The van der Waals surface area contributed by atoms with E-state index < -0.39 is 0 Å². The van der Waals surface area contributed by atoms with Gasteiger partial charge in [0.05, 0.1) is 4.21 Å². The summed E-state index contributed by atoms with van der Waals surface area (Å²) in [5.41, 5.74) is 0. The van der Waals surface area contributed by atoms with Crippen molar-refractivity contribution < 1.29 is 0 Å². The molecule has 2 aromatic rings. The van der Waals surface area contributed by atoms with Crippen LogP contribution in [-0.2, 0) is 0 Å². The quantitative estimate of drug-likeness (QED) is 0.532. The van der Waals surface area contributed by atoms with Gasteiger partial charge in [0.15, 0.2) is 0 Å². The first kappa shape index (κ1) is 8.35. The molecule has 4 heteroatoms. The Labute approximate surface area is 83.8 Å². The molecule has 0 aliphatic rings. The zero-order valence-electron chi connectivity index (χ0n) is 6.37. The summed E-state index contributed by atoms with van der Waals surface area (Å²) < 4.78 is 2.49. The highest BCUT2D eigenvalue weighted by Gasteiger charge is 2.03. The fraction of sp³-hybridized carbons (Fsp3) is 0.125. The number of hydrogen-bond acceptors (Lipinski definition) is 3. The Bertz CT molecular complexity index is 410. The summed E-state index contributed by atoms with van der Waals surface area (Å²) in [4.78, 5) is 4.02. The molecule has 2 aromatic heterocycles. The van der Waals surface area contributed by atoms with Crippen LogP contribution in [0.2, 0.25) is 5.15 Å². The standard InChI is InChI=1S/C8H6ClNS2/c1-11-7-4-5-6(12-7)2-3-10-8(5)9/h2-4H,1H3. The van der Waals surface area contributed by atoms with Crippen molar-refractivity contribution in [3.63, 3.8) is 0 Å². The van der Waals surface area contributed by atoms with E-state index in [-0.39, 0.29) is 0 Å². The van der Waals surface area contributed by atoms with Crippen molar-refractivity contribution in [2.24, 2.45) is 0 Å². The fourth-order valence-corrected chi connectivity index (χ4v) is 2.90. The van der Waals surface area contributed by atoms with Crippen molar-refractivity contribution in [2.45, 2.75) is 4.21 Å². The predicted molar refractivity (Wildman–Crippen MR) is 56.4 cm³/mol. The van der Waals surface area contributed by atoms with E-state index in [1.807, 2.05) is 6.07 Å². The minimum absolute atomic E-state index is 0.601. The topological polar surface area (TPSA) is 12.9 Å². The minimum Gasteiger partial charge on any atom is -0.244 e. The van der Waals surface area contributed by atoms with Gasteiger partial charge in [-0.15, -0.1) is 23.1 Å². The van der Waals surface area contributed by atoms with E-state index in [1.165, 1.54) is 8.91 Å². The predicted octanol–water partition coefficient (Wildman–Crippen LogP) is 3.67. The molecule has 0 aliphatic carbocycles. The van der Waals surface area contributed by atoms with Crippen LogP contribution < -0.4 is 0 Å². The molecule has 1 nitrogen and oxygen atoms in total. The van der Waals surface area contributed by atoms with Gasteiger partial charge in [0.2, 0.25) is 0 Å². The van der Waals surface area contributed by atoms with Crippen molar-refractivity contribution in [2.75, 3.05) is 6.26 Å². The van der Waals surface area contributed by atoms with Gasteiger partial charge in [-0.1, -0.05) is 11.6 Å². The second kappa shape index (κ2) is 3.24. The second-order valence-electron chi connectivity index (χ2n) is 2.28. The Hall–Kier alpha value is -0.250. The molecule has 0 spiro atoms. The van der Waals surface area contributed by atoms with Crippen LogP contribution in [0.4, 0.5) is 0 Å². The molecule has 0 unspecified atom stereocenters. The second-order valence-corrected chi connectivity index (χ2v) is 4.83. The number of hydrogen-bond donors (Lipinski definition) is 0. The molecule has 0 saturated heterocycles. The number of halogens is 1. The summed E-state index contributed by atoms with van der Waals surface area (Å²) in [7, 11) is 0. The summed E-state index contributed by atoms with van der Waals surface area (Å²) in [5.74, 6) is 0. The summed E-state index contributed by atoms with van der Waals surface area (Å²) in [5, 5.41) is 1.66. The number of pyridine rings is 1. The maximum absolute atomic E-state index is 5.91. The van der Waals surface area contributed by atoms with Gasteiger partial charge in [0, 0.05) is 16.3 Å². The third-order valence-electron chi connectivity index (χ3n) is 1.58. The van der Waals surface area contributed by atoms with Crippen LogP contribution >= 0.6 is 34.7 Å². The SMILES string of the molecule is CSc1cc2c(Cl)nccc2s1. The zero-order valence-corrected chi connectivity index (χ0v) is 8.76. The number of thiophene rings is 1. The lowest BCUT2D eigenvalue weighted by atomic mass is 10.3. The van der Waals surface area contributed by atoms with Crippen LogP contribution in [0.25, 0.3) is 10.1 Å². The molecule has 2 rings (SSSR count). The highest BCUT2D eigenvalue weighted by molar-refractivity contribution is 8.00. The third kappa shape index (κ3) is 1.32. The molecule has 2 heterocycles. The number of thioether (sulfide) groups is 1. The molecule has 0 radical (unpaired) electrons. The van der Waals surface area contributed by atoms with Crippen LogP contribution in [0.3, 0.4) is 0 Å². The van der Waals surface area contributed by atoms with Crippen molar-refractivity contribution >= 4 is 44.8 Å². The van der Waals surface area contributed by atoms with Gasteiger partial charge in [-0.05, 0) is 18.4 Å². The van der Waals surface area contributed by atoms with Gasteiger partial charge in [0.25, 0.3) is 0 Å². The monoisotopic (exact) mass is 215 g/mol. The average molecular weight is 216 g/mol. The Morgan fingerprint density at radius 1 is 1.58 bits per heavy atom. The van der Waals surface area contributed by atoms with Crippen LogP contribution in [0.1, 0.15) is 0 Å². The van der Waals surface area contributed by atoms with Crippen LogP contribution in [0.15, 0.2) is 22.5 Å². The number of rotatable bonds is 1. The smallest absolute Gasteiger partial charge is 0.137 e. The Balaban J connectivity index is 2.74. The van der Waals surface area contributed by atoms with E-state index in [0.29, 0.717) is 5.15 Å². The summed E-state index contributed by atoms with van der Waals surface area (Å²) in [6, 6.07) is 4.08. The molecule has 12 heavy (non-hydrogen) atoms. The molecule has 0 N–H and O–H groups in total. The molecule has 0 amide bonds. The third-order valence-corrected chi connectivity index (χ3v) is 4.04. The first-order valence-electron chi connectivity index (χ1n) is 3.39. The number of nitrogens with zero attached hydrogens (tertiary/aromatic N) is 1. The Kier molecular flexibility index (Phi) is 2.26. The molecule has 62 valence electrons. The van der Waals surface area contributed by atoms with Gasteiger partial charge in [-0.25, -0.2) is 4.98 Å². The summed E-state index contributed by atoms with van der Waals surface area (Å²) in [6.07, 6.45) is 3.80. The largest absolute Gasteiger partial charge is 0.244 e. The molecule has 0 fully saturated rings. The van der Waals surface area contributed by atoms with E-state index in [1.54, 1.807) is 29.3 Å². The zero-order chi connectivity index (χ0) is 8.55. The molecular formula is C8H6ClNS2. The molecule has 0 aromatic carbocycles. The van der Waals surface area contributed by atoms with Crippen molar-refractivity contribution in [3.05, 3.63) is 23.5 Å². The minimum atomic E-state index is 0.601. The van der Waals surface area contributed by atoms with E-state index in [0.717, 1.165) is 5.39 Å². The van der Waals surface area contributed by atoms with Gasteiger partial charge >= 0.3 is 0 Å². The molecule has 0 saturated carbocycles. The van der Waals surface area contributed by atoms with E-state index in [4.69, 9.17) is 11.6 Å². The number of aromatic nitrogens is 1. The Morgan fingerprint density at radius 3 is 3.08 bits per heavy atom.